The summed E-state index contributed by atoms with van der Waals surface area (Å²) < 4.78 is 5.12. The number of amides is 1. The highest BCUT2D eigenvalue weighted by Gasteiger charge is 2.01. The number of carbonyl (C=O) groups excluding carboxylic acids is 1. The van der Waals surface area contributed by atoms with Gasteiger partial charge in [-0.3, -0.25) is 4.79 Å². The normalized spacial score (nSPS) is 10.2. The van der Waals surface area contributed by atoms with E-state index in [4.69, 9.17) is 10.5 Å². The number of rotatable bonds is 6. The van der Waals surface area contributed by atoms with Crippen LogP contribution in [0, 0.1) is 0 Å². The lowest BCUT2D eigenvalue weighted by Gasteiger charge is -2.09. The third kappa shape index (κ3) is 3.83. The third-order valence-corrected chi connectivity index (χ3v) is 2.95. The first-order valence-electron chi connectivity index (χ1n) is 6.39. The second-order valence-electron chi connectivity index (χ2n) is 4.55. The molecule has 0 unspecified atom stereocenters. The van der Waals surface area contributed by atoms with Gasteiger partial charge in [0, 0.05) is 24.9 Å². The molecule has 1 amide bonds. The van der Waals surface area contributed by atoms with Crippen LogP contribution < -0.4 is 11.1 Å². The molecule has 104 valence electrons. The van der Waals surface area contributed by atoms with Crippen LogP contribution in [0.5, 0.6) is 0 Å². The van der Waals surface area contributed by atoms with E-state index in [9.17, 15) is 4.79 Å². The maximum atomic E-state index is 11.1. The highest BCUT2D eigenvalue weighted by molar-refractivity contribution is 5.93. The van der Waals surface area contributed by atoms with E-state index < -0.39 is 5.91 Å². The van der Waals surface area contributed by atoms with Crippen LogP contribution in [0.3, 0.4) is 0 Å². The van der Waals surface area contributed by atoms with Gasteiger partial charge in [0.05, 0.1) is 6.61 Å². The molecular weight excluding hydrogens is 252 g/mol. The van der Waals surface area contributed by atoms with Gasteiger partial charge in [0.2, 0.25) is 5.91 Å². The van der Waals surface area contributed by atoms with Crippen molar-refractivity contribution in [3.8, 4) is 0 Å². The van der Waals surface area contributed by atoms with Crippen molar-refractivity contribution in [1.82, 2.24) is 0 Å². The van der Waals surface area contributed by atoms with Crippen molar-refractivity contribution in [1.29, 1.82) is 0 Å². The summed E-state index contributed by atoms with van der Waals surface area (Å²) in [5.41, 5.74) is 8.93. The summed E-state index contributed by atoms with van der Waals surface area (Å²) in [6.07, 6.45) is 0. The van der Waals surface area contributed by atoms with Gasteiger partial charge in [-0.2, -0.15) is 0 Å². The van der Waals surface area contributed by atoms with E-state index in [1.807, 2.05) is 30.3 Å². The number of hydrogen-bond donors (Lipinski definition) is 2. The molecule has 2 aromatic rings. The molecule has 0 aliphatic rings. The molecule has 0 fully saturated rings. The average Bonchev–Trinajstić information content (AvgIpc) is 2.46. The van der Waals surface area contributed by atoms with Crippen molar-refractivity contribution in [2.75, 3.05) is 12.4 Å². The van der Waals surface area contributed by atoms with E-state index in [-0.39, 0.29) is 0 Å². The van der Waals surface area contributed by atoms with Crippen LogP contribution >= 0.6 is 0 Å². The van der Waals surface area contributed by atoms with E-state index in [1.54, 1.807) is 19.2 Å². The van der Waals surface area contributed by atoms with Crippen molar-refractivity contribution in [3.63, 3.8) is 0 Å². The van der Waals surface area contributed by atoms with Gasteiger partial charge in [-0.25, -0.2) is 0 Å². The van der Waals surface area contributed by atoms with E-state index in [2.05, 4.69) is 11.4 Å². The molecule has 0 aliphatic heterocycles. The van der Waals surface area contributed by atoms with Gasteiger partial charge in [0.1, 0.15) is 0 Å². The molecule has 0 aromatic heterocycles. The van der Waals surface area contributed by atoms with Gasteiger partial charge in [-0.1, -0.05) is 30.3 Å². The maximum absolute atomic E-state index is 11.1. The summed E-state index contributed by atoms with van der Waals surface area (Å²) in [5.74, 6) is -0.421. The minimum Gasteiger partial charge on any atom is -0.381 e. The predicted molar refractivity (Wildman–Crippen MR) is 79.4 cm³/mol. The Morgan fingerprint density at radius 1 is 1.15 bits per heavy atom. The van der Waals surface area contributed by atoms with Gasteiger partial charge < -0.3 is 15.8 Å². The molecule has 4 nitrogen and oxygen atoms in total. The second kappa shape index (κ2) is 6.73. The Balaban J connectivity index is 2.03. The van der Waals surface area contributed by atoms with Gasteiger partial charge in [0.25, 0.3) is 0 Å². The zero-order valence-corrected chi connectivity index (χ0v) is 11.4. The average molecular weight is 270 g/mol. The summed E-state index contributed by atoms with van der Waals surface area (Å²) in [5, 5.41) is 3.28. The van der Waals surface area contributed by atoms with Crippen LogP contribution in [0.2, 0.25) is 0 Å². The number of hydrogen-bond acceptors (Lipinski definition) is 3. The van der Waals surface area contributed by atoms with Crippen LogP contribution in [0.4, 0.5) is 5.69 Å². The molecule has 0 spiro atoms. The Morgan fingerprint density at radius 2 is 1.90 bits per heavy atom. The zero-order chi connectivity index (χ0) is 14.4. The largest absolute Gasteiger partial charge is 0.381 e. The number of nitrogens with one attached hydrogen (secondary N) is 1. The predicted octanol–water partition coefficient (Wildman–Crippen LogP) is 2.54. The molecule has 0 saturated heterocycles. The first-order valence-corrected chi connectivity index (χ1v) is 6.39. The second-order valence-corrected chi connectivity index (χ2v) is 4.55. The van der Waals surface area contributed by atoms with Gasteiger partial charge in [-0.15, -0.1) is 0 Å². The standard InChI is InChI=1S/C16H18N2O2/c1-20-11-13-5-2-4-12(8-13)10-18-15-7-3-6-14(9-15)16(17)19/h2-9,18H,10-11H2,1H3,(H2,17,19). The summed E-state index contributed by atoms with van der Waals surface area (Å²) in [6, 6.07) is 15.3. The molecule has 2 rings (SSSR count). The summed E-state index contributed by atoms with van der Waals surface area (Å²) in [6.45, 7) is 1.28. The van der Waals surface area contributed by atoms with Gasteiger partial charge in [0.15, 0.2) is 0 Å². The Hall–Kier alpha value is -2.33. The van der Waals surface area contributed by atoms with Crippen molar-refractivity contribution < 1.29 is 9.53 Å². The monoisotopic (exact) mass is 270 g/mol. The fourth-order valence-electron chi connectivity index (χ4n) is 1.98. The van der Waals surface area contributed by atoms with E-state index in [1.165, 1.54) is 0 Å². The van der Waals surface area contributed by atoms with Gasteiger partial charge in [-0.05, 0) is 29.3 Å². The van der Waals surface area contributed by atoms with Gasteiger partial charge >= 0.3 is 0 Å². The van der Waals surface area contributed by atoms with Crippen LogP contribution in [0.15, 0.2) is 48.5 Å². The van der Waals surface area contributed by atoms with Crippen molar-refractivity contribution in [2.45, 2.75) is 13.2 Å². The van der Waals surface area contributed by atoms with Crippen molar-refractivity contribution >= 4 is 11.6 Å². The number of methoxy groups -OCH3 is 1. The maximum Gasteiger partial charge on any atom is 0.248 e. The Kier molecular flexibility index (Phi) is 4.74. The molecule has 2 aromatic carbocycles. The summed E-state index contributed by atoms with van der Waals surface area (Å²) >= 11 is 0. The molecule has 20 heavy (non-hydrogen) atoms. The summed E-state index contributed by atoms with van der Waals surface area (Å²) in [7, 11) is 1.68. The number of anilines is 1. The quantitative estimate of drug-likeness (QED) is 0.847. The number of nitrogens with two attached hydrogens (primary N) is 1. The fraction of sp³-hybridized carbons (Fsp3) is 0.188. The first-order chi connectivity index (χ1) is 9.69. The number of benzene rings is 2. The molecule has 0 bridgehead atoms. The molecule has 0 radical (unpaired) electrons. The lowest BCUT2D eigenvalue weighted by atomic mass is 10.1. The molecule has 0 atom stereocenters. The Morgan fingerprint density at radius 3 is 2.65 bits per heavy atom. The topological polar surface area (TPSA) is 64.3 Å². The van der Waals surface area contributed by atoms with E-state index >= 15 is 0 Å². The smallest absolute Gasteiger partial charge is 0.248 e. The highest BCUT2D eigenvalue weighted by Crippen LogP contribution is 2.13. The van der Waals surface area contributed by atoms with Crippen LogP contribution in [-0.2, 0) is 17.9 Å². The molecule has 0 heterocycles. The zero-order valence-electron chi connectivity index (χ0n) is 11.4. The van der Waals surface area contributed by atoms with E-state index in [0.717, 1.165) is 16.8 Å². The van der Waals surface area contributed by atoms with Crippen molar-refractivity contribution in [3.05, 3.63) is 65.2 Å². The highest BCUT2D eigenvalue weighted by atomic mass is 16.5. The third-order valence-electron chi connectivity index (χ3n) is 2.95. The van der Waals surface area contributed by atoms with E-state index in [0.29, 0.717) is 18.7 Å². The first kappa shape index (κ1) is 14.1. The Labute approximate surface area is 118 Å². The number of primary amides is 1. The number of ether oxygens (including phenoxy) is 1. The summed E-state index contributed by atoms with van der Waals surface area (Å²) in [4.78, 5) is 11.1. The SMILES string of the molecule is COCc1cccc(CNc2cccc(C(N)=O)c2)c1. The molecule has 4 heteroatoms. The van der Waals surface area contributed by atoms with Crippen LogP contribution in [0.1, 0.15) is 21.5 Å². The van der Waals surface area contributed by atoms with Crippen molar-refractivity contribution in [2.24, 2.45) is 5.73 Å². The Bertz CT molecular complexity index is 597. The lowest BCUT2D eigenvalue weighted by molar-refractivity contribution is 0.100. The van der Waals surface area contributed by atoms with Crippen LogP contribution in [-0.4, -0.2) is 13.0 Å². The molecule has 0 saturated carbocycles. The molecule has 3 N–H and O–H groups in total. The minimum atomic E-state index is -0.421. The minimum absolute atomic E-state index is 0.421. The lowest BCUT2D eigenvalue weighted by Crippen LogP contribution is -2.11. The number of carbonyl (C=O) groups is 1. The fourth-order valence-corrected chi connectivity index (χ4v) is 1.98. The molecular formula is C16H18N2O2. The van der Waals surface area contributed by atoms with Crippen LogP contribution in [0.25, 0.3) is 0 Å². The molecule has 0 aliphatic carbocycles.